The standard InChI is InChI=1S/C21H21ClN4OS/c1-2-18(16-9-11-17(22)12-10-16)23-20(27)14-28-21-24-19(25-26-21)13-8-15-6-4-3-5-7-15/h3-13,18H,2,14H2,1H3,(H,23,27)(H,24,25,26)/b13-8+. The Kier molecular flexibility index (Phi) is 7.28. The summed E-state index contributed by atoms with van der Waals surface area (Å²) < 4.78 is 0. The third-order valence-corrected chi connectivity index (χ3v) is 5.16. The summed E-state index contributed by atoms with van der Waals surface area (Å²) in [5.41, 5.74) is 2.12. The molecule has 0 saturated heterocycles. The van der Waals surface area contributed by atoms with Crippen LogP contribution in [0.3, 0.4) is 0 Å². The van der Waals surface area contributed by atoms with E-state index in [2.05, 4.69) is 20.5 Å². The molecule has 0 aliphatic carbocycles. The van der Waals surface area contributed by atoms with E-state index in [1.54, 1.807) is 0 Å². The smallest absolute Gasteiger partial charge is 0.230 e. The number of benzene rings is 2. The average molecular weight is 413 g/mol. The highest BCUT2D eigenvalue weighted by Gasteiger charge is 2.14. The maximum atomic E-state index is 12.3. The fourth-order valence-corrected chi connectivity index (χ4v) is 3.36. The van der Waals surface area contributed by atoms with Crippen molar-refractivity contribution in [2.45, 2.75) is 24.5 Å². The monoisotopic (exact) mass is 412 g/mol. The highest BCUT2D eigenvalue weighted by Crippen LogP contribution is 2.20. The van der Waals surface area contributed by atoms with Gasteiger partial charge in [0.05, 0.1) is 11.8 Å². The molecule has 5 nitrogen and oxygen atoms in total. The summed E-state index contributed by atoms with van der Waals surface area (Å²) in [7, 11) is 0. The highest BCUT2D eigenvalue weighted by atomic mass is 35.5. The molecule has 0 bridgehead atoms. The van der Waals surface area contributed by atoms with Crippen LogP contribution in [0.5, 0.6) is 0 Å². The van der Waals surface area contributed by atoms with Gasteiger partial charge in [0.15, 0.2) is 0 Å². The zero-order valence-corrected chi connectivity index (χ0v) is 17.0. The number of H-pyrrole nitrogens is 1. The number of carbonyl (C=O) groups is 1. The van der Waals surface area contributed by atoms with E-state index < -0.39 is 0 Å². The number of thioether (sulfide) groups is 1. The van der Waals surface area contributed by atoms with E-state index in [4.69, 9.17) is 11.6 Å². The SMILES string of the molecule is CCC(NC(=O)CSc1n[nH]c(/C=C/c2ccccc2)n1)c1ccc(Cl)cc1. The summed E-state index contributed by atoms with van der Waals surface area (Å²) in [5.74, 6) is 0.849. The van der Waals surface area contributed by atoms with Crippen molar-refractivity contribution in [2.24, 2.45) is 0 Å². The summed E-state index contributed by atoms with van der Waals surface area (Å²) in [5, 5.41) is 11.3. The van der Waals surface area contributed by atoms with Gasteiger partial charge < -0.3 is 5.32 Å². The Morgan fingerprint density at radius 2 is 1.93 bits per heavy atom. The van der Waals surface area contributed by atoms with Crippen molar-refractivity contribution in [1.29, 1.82) is 0 Å². The van der Waals surface area contributed by atoms with Crippen LogP contribution in [0.2, 0.25) is 5.02 Å². The van der Waals surface area contributed by atoms with Gasteiger partial charge in [0.1, 0.15) is 5.82 Å². The van der Waals surface area contributed by atoms with Gasteiger partial charge in [-0.25, -0.2) is 4.98 Å². The van der Waals surface area contributed by atoms with Gasteiger partial charge >= 0.3 is 0 Å². The van der Waals surface area contributed by atoms with Crippen LogP contribution in [0.15, 0.2) is 59.8 Å². The minimum absolute atomic E-state index is 0.0399. The van der Waals surface area contributed by atoms with Crippen molar-refractivity contribution in [3.05, 3.63) is 76.6 Å². The number of aromatic nitrogens is 3. The molecule has 7 heteroatoms. The Balaban J connectivity index is 1.51. The Morgan fingerprint density at radius 1 is 1.18 bits per heavy atom. The lowest BCUT2D eigenvalue weighted by Gasteiger charge is -2.17. The summed E-state index contributed by atoms with van der Waals surface area (Å²) in [4.78, 5) is 16.7. The first-order chi connectivity index (χ1) is 13.6. The third-order valence-electron chi connectivity index (χ3n) is 4.06. The second kappa shape index (κ2) is 10.1. The van der Waals surface area contributed by atoms with Crippen LogP contribution in [0.25, 0.3) is 12.2 Å². The molecule has 0 radical (unpaired) electrons. The fraction of sp³-hybridized carbons (Fsp3) is 0.190. The zero-order chi connectivity index (χ0) is 19.8. The van der Waals surface area contributed by atoms with Crippen LogP contribution in [0, 0.1) is 0 Å². The Labute approximate surface area is 173 Å². The maximum Gasteiger partial charge on any atom is 0.230 e. The van der Waals surface area contributed by atoms with E-state index in [0.29, 0.717) is 16.0 Å². The molecule has 0 aliphatic rings. The molecule has 1 atom stereocenters. The first kappa shape index (κ1) is 20.2. The van der Waals surface area contributed by atoms with Crippen molar-refractivity contribution in [2.75, 3.05) is 5.75 Å². The molecular weight excluding hydrogens is 392 g/mol. The molecule has 28 heavy (non-hydrogen) atoms. The van der Waals surface area contributed by atoms with E-state index >= 15 is 0 Å². The quantitative estimate of drug-likeness (QED) is 0.511. The van der Waals surface area contributed by atoms with E-state index in [0.717, 1.165) is 17.5 Å². The second-order valence-corrected chi connectivity index (χ2v) is 7.49. The fourth-order valence-electron chi connectivity index (χ4n) is 2.62. The number of carbonyl (C=O) groups excluding carboxylic acids is 1. The van der Waals surface area contributed by atoms with E-state index in [1.165, 1.54) is 11.8 Å². The van der Waals surface area contributed by atoms with Gasteiger partial charge in [0.2, 0.25) is 11.1 Å². The maximum absolute atomic E-state index is 12.3. The van der Waals surface area contributed by atoms with Crippen molar-refractivity contribution in [3.63, 3.8) is 0 Å². The summed E-state index contributed by atoms with van der Waals surface area (Å²) in [6.07, 6.45) is 4.62. The predicted molar refractivity (Wildman–Crippen MR) is 115 cm³/mol. The molecular formula is C21H21ClN4OS. The minimum Gasteiger partial charge on any atom is -0.349 e. The lowest BCUT2D eigenvalue weighted by atomic mass is 10.0. The molecule has 1 unspecified atom stereocenters. The Hall–Kier alpha value is -2.57. The van der Waals surface area contributed by atoms with Crippen LogP contribution in [-0.2, 0) is 4.79 Å². The van der Waals surface area contributed by atoms with Gasteiger partial charge in [0, 0.05) is 5.02 Å². The number of hydrogen-bond donors (Lipinski definition) is 2. The van der Waals surface area contributed by atoms with Gasteiger partial charge in [-0.1, -0.05) is 78.8 Å². The molecule has 2 aromatic carbocycles. The largest absolute Gasteiger partial charge is 0.349 e. The molecule has 0 fully saturated rings. The lowest BCUT2D eigenvalue weighted by Crippen LogP contribution is -2.29. The number of halogens is 1. The lowest BCUT2D eigenvalue weighted by molar-refractivity contribution is -0.119. The first-order valence-electron chi connectivity index (χ1n) is 8.97. The summed E-state index contributed by atoms with van der Waals surface area (Å²) >= 11 is 7.23. The zero-order valence-electron chi connectivity index (χ0n) is 15.4. The number of nitrogens with one attached hydrogen (secondary N) is 2. The number of rotatable bonds is 8. The van der Waals surface area contributed by atoms with Crippen LogP contribution in [0.1, 0.15) is 36.3 Å². The Bertz CT molecular complexity index is 925. The molecule has 1 amide bonds. The molecule has 1 heterocycles. The molecule has 3 aromatic rings. The summed E-state index contributed by atoms with van der Waals surface area (Å²) in [6, 6.07) is 17.5. The van der Waals surface area contributed by atoms with Crippen molar-refractivity contribution >= 4 is 41.4 Å². The van der Waals surface area contributed by atoms with Crippen LogP contribution < -0.4 is 5.32 Å². The number of nitrogens with zero attached hydrogens (tertiary/aromatic N) is 2. The minimum atomic E-state index is -0.0574. The molecule has 0 spiro atoms. The topological polar surface area (TPSA) is 70.7 Å². The average Bonchev–Trinajstić information content (AvgIpc) is 3.18. The molecule has 1 aromatic heterocycles. The first-order valence-corrected chi connectivity index (χ1v) is 10.3. The summed E-state index contributed by atoms with van der Waals surface area (Å²) in [6.45, 7) is 2.04. The van der Waals surface area contributed by atoms with Gasteiger partial charge in [0.25, 0.3) is 0 Å². The van der Waals surface area contributed by atoms with Crippen molar-refractivity contribution < 1.29 is 4.79 Å². The molecule has 144 valence electrons. The van der Waals surface area contributed by atoms with Crippen molar-refractivity contribution in [1.82, 2.24) is 20.5 Å². The molecule has 0 aliphatic heterocycles. The number of amides is 1. The van der Waals surface area contributed by atoms with Gasteiger partial charge in [-0.2, -0.15) is 0 Å². The highest BCUT2D eigenvalue weighted by molar-refractivity contribution is 7.99. The molecule has 3 rings (SSSR count). The van der Waals surface area contributed by atoms with Gasteiger partial charge in [-0.05, 0) is 35.8 Å². The third kappa shape index (κ3) is 5.97. The number of hydrogen-bond acceptors (Lipinski definition) is 4. The van der Waals surface area contributed by atoms with E-state index in [1.807, 2.05) is 73.7 Å². The Morgan fingerprint density at radius 3 is 2.64 bits per heavy atom. The van der Waals surface area contributed by atoms with Crippen LogP contribution in [0.4, 0.5) is 0 Å². The molecule has 0 saturated carbocycles. The predicted octanol–water partition coefficient (Wildman–Crippen LogP) is 4.99. The molecule has 2 N–H and O–H groups in total. The normalized spacial score (nSPS) is 12.2. The van der Waals surface area contributed by atoms with Crippen LogP contribution in [-0.4, -0.2) is 26.8 Å². The van der Waals surface area contributed by atoms with E-state index in [-0.39, 0.29) is 17.7 Å². The van der Waals surface area contributed by atoms with E-state index in [9.17, 15) is 4.79 Å². The van der Waals surface area contributed by atoms with Gasteiger partial charge in [-0.15, -0.1) is 5.10 Å². The number of aromatic amines is 1. The van der Waals surface area contributed by atoms with Crippen LogP contribution >= 0.6 is 23.4 Å². The second-order valence-electron chi connectivity index (χ2n) is 6.12. The van der Waals surface area contributed by atoms with Gasteiger partial charge in [-0.3, -0.25) is 9.89 Å². The van der Waals surface area contributed by atoms with Crippen molar-refractivity contribution in [3.8, 4) is 0 Å².